The zero-order valence-corrected chi connectivity index (χ0v) is 13.6. The fraction of sp³-hybridized carbons (Fsp3) is 0.462. The second-order valence-electron chi connectivity index (χ2n) is 5.11. The highest BCUT2D eigenvalue weighted by atomic mass is 79.9. The Morgan fingerprint density at radius 3 is 2.60 bits per heavy atom. The first-order valence-electron chi connectivity index (χ1n) is 6.23. The van der Waals surface area contributed by atoms with E-state index < -0.39 is 21.9 Å². The van der Waals surface area contributed by atoms with Crippen LogP contribution in [0.1, 0.15) is 12.5 Å². The van der Waals surface area contributed by atoms with Gasteiger partial charge in [-0.05, 0) is 30.5 Å². The van der Waals surface area contributed by atoms with Crippen molar-refractivity contribution in [2.24, 2.45) is 11.8 Å². The fourth-order valence-electron chi connectivity index (χ4n) is 2.45. The predicted molar refractivity (Wildman–Crippen MR) is 77.9 cm³/mol. The minimum atomic E-state index is -3.65. The van der Waals surface area contributed by atoms with Crippen molar-refractivity contribution in [2.75, 3.05) is 13.1 Å². The van der Waals surface area contributed by atoms with Gasteiger partial charge in [-0.1, -0.05) is 28.9 Å². The van der Waals surface area contributed by atoms with Gasteiger partial charge in [0.1, 0.15) is 0 Å². The summed E-state index contributed by atoms with van der Waals surface area (Å²) in [6.07, 6.45) is 0. The van der Waals surface area contributed by atoms with E-state index in [9.17, 15) is 13.2 Å². The second-order valence-corrected chi connectivity index (χ2v) is 7.87. The predicted octanol–water partition coefficient (Wildman–Crippen LogP) is 2.10. The molecule has 0 aliphatic carbocycles. The first kappa shape index (κ1) is 15.5. The number of sulfonamides is 1. The van der Waals surface area contributed by atoms with Crippen molar-refractivity contribution in [1.82, 2.24) is 4.31 Å². The summed E-state index contributed by atoms with van der Waals surface area (Å²) < 4.78 is 27.3. The van der Waals surface area contributed by atoms with E-state index in [1.54, 1.807) is 32.0 Å². The molecule has 1 aliphatic rings. The van der Waals surface area contributed by atoms with Crippen molar-refractivity contribution in [3.8, 4) is 0 Å². The Balaban J connectivity index is 2.38. The Morgan fingerprint density at radius 1 is 1.40 bits per heavy atom. The molecule has 2 atom stereocenters. The van der Waals surface area contributed by atoms with Gasteiger partial charge in [-0.25, -0.2) is 8.42 Å². The number of benzene rings is 1. The average molecular weight is 362 g/mol. The van der Waals surface area contributed by atoms with Crippen molar-refractivity contribution in [3.63, 3.8) is 0 Å². The molecule has 0 bridgehead atoms. The van der Waals surface area contributed by atoms with Crippen molar-refractivity contribution in [1.29, 1.82) is 0 Å². The number of hydrogen-bond donors (Lipinski definition) is 1. The van der Waals surface area contributed by atoms with Crippen LogP contribution < -0.4 is 0 Å². The van der Waals surface area contributed by atoms with Gasteiger partial charge in [0.2, 0.25) is 10.0 Å². The lowest BCUT2D eigenvalue weighted by atomic mass is 9.99. The van der Waals surface area contributed by atoms with Crippen LogP contribution in [-0.4, -0.2) is 36.9 Å². The minimum absolute atomic E-state index is 0.0325. The molecule has 20 heavy (non-hydrogen) atoms. The Bertz CT molecular complexity index is 644. The standard InChI is InChI=1S/C13H16BrNO4S/c1-8-6-15(7-10(8)13(16)17)20(18,19)12-5-3-4-11(14)9(12)2/h3-5,8,10H,6-7H2,1-2H3,(H,16,17)/t8-,10-/m1/s1. The van der Waals surface area contributed by atoms with E-state index in [0.29, 0.717) is 5.56 Å². The zero-order valence-electron chi connectivity index (χ0n) is 11.2. The molecule has 7 heteroatoms. The van der Waals surface area contributed by atoms with Gasteiger partial charge in [-0.2, -0.15) is 4.31 Å². The molecule has 1 saturated heterocycles. The van der Waals surface area contributed by atoms with Gasteiger partial charge in [-0.3, -0.25) is 4.79 Å². The summed E-state index contributed by atoms with van der Waals surface area (Å²) in [5, 5.41) is 9.11. The molecule has 1 aromatic carbocycles. The van der Waals surface area contributed by atoms with Gasteiger partial charge in [0.25, 0.3) is 0 Å². The maximum absolute atomic E-state index is 12.6. The number of halogens is 1. The van der Waals surface area contributed by atoms with Gasteiger partial charge in [-0.15, -0.1) is 0 Å². The second kappa shape index (κ2) is 5.46. The van der Waals surface area contributed by atoms with E-state index in [0.717, 1.165) is 4.47 Å². The Kier molecular flexibility index (Phi) is 4.22. The van der Waals surface area contributed by atoms with Crippen LogP contribution in [-0.2, 0) is 14.8 Å². The molecule has 5 nitrogen and oxygen atoms in total. The number of rotatable bonds is 3. The Labute approximate surface area is 126 Å². The number of nitrogens with zero attached hydrogens (tertiary/aromatic N) is 1. The largest absolute Gasteiger partial charge is 0.481 e. The van der Waals surface area contributed by atoms with Crippen LogP contribution in [0.15, 0.2) is 27.6 Å². The van der Waals surface area contributed by atoms with Gasteiger partial charge >= 0.3 is 5.97 Å². The van der Waals surface area contributed by atoms with Gasteiger partial charge in [0.15, 0.2) is 0 Å². The molecule has 0 spiro atoms. The van der Waals surface area contributed by atoms with Crippen LogP contribution in [0.4, 0.5) is 0 Å². The SMILES string of the molecule is Cc1c(Br)cccc1S(=O)(=O)N1C[C@@H](C)[C@H](C(=O)O)C1. The van der Waals surface area contributed by atoms with Crippen molar-refractivity contribution in [3.05, 3.63) is 28.2 Å². The molecule has 1 fully saturated rings. The summed E-state index contributed by atoms with van der Waals surface area (Å²) in [5.41, 5.74) is 0.638. The van der Waals surface area contributed by atoms with Gasteiger partial charge in [0, 0.05) is 17.6 Å². The number of aliphatic carboxylic acids is 1. The summed E-state index contributed by atoms with van der Waals surface area (Å²) in [6, 6.07) is 4.99. The lowest BCUT2D eigenvalue weighted by Gasteiger charge is -2.18. The first-order valence-corrected chi connectivity index (χ1v) is 8.46. The molecule has 0 saturated carbocycles. The van der Waals surface area contributed by atoms with E-state index in [1.165, 1.54) is 4.31 Å². The highest BCUT2D eigenvalue weighted by Crippen LogP contribution is 2.31. The van der Waals surface area contributed by atoms with Crippen molar-refractivity contribution < 1.29 is 18.3 Å². The molecule has 0 radical (unpaired) electrons. The molecule has 0 amide bonds. The molecule has 1 N–H and O–H groups in total. The summed E-state index contributed by atoms with van der Waals surface area (Å²) >= 11 is 3.32. The van der Waals surface area contributed by atoms with Crippen LogP contribution in [0.3, 0.4) is 0 Å². The third kappa shape index (κ3) is 2.62. The van der Waals surface area contributed by atoms with Crippen LogP contribution in [0, 0.1) is 18.8 Å². The molecule has 2 rings (SSSR count). The van der Waals surface area contributed by atoms with Gasteiger partial charge in [0.05, 0.1) is 10.8 Å². The number of hydrogen-bond acceptors (Lipinski definition) is 3. The third-order valence-electron chi connectivity index (χ3n) is 3.73. The summed E-state index contributed by atoms with van der Waals surface area (Å²) in [6.45, 7) is 3.77. The van der Waals surface area contributed by atoms with Crippen molar-refractivity contribution >= 4 is 31.9 Å². The van der Waals surface area contributed by atoms with Crippen molar-refractivity contribution in [2.45, 2.75) is 18.7 Å². The summed E-state index contributed by atoms with van der Waals surface area (Å²) in [5.74, 6) is -1.77. The fourth-order valence-corrected chi connectivity index (χ4v) is 4.76. The van der Waals surface area contributed by atoms with Crippen LogP contribution in [0.25, 0.3) is 0 Å². The monoisotopic (exact) mass is 361 g/mol. The maximum Gasteiger partial charge on any atom is 0.308 e. The van der Waals surface area contributed by atoms with Crippen LogP contribution >= 0.6 is 15.9 Å². The highest BCUT2D eigenvalue weighted by Gasteiger charge is 2.41. The lowest BCUT2D eigenvalue weighted by molar-refractivity contribution is -0.142. The Hall–Kier alpha value is -0.920. The number of carboxylic acid groups (broad SMARTS) is 1. The minimum Gasteiger partial charge on any atom is -0.481 e. The molecular weight excluding hydrogens is 346 g/mol. The molecule has 1 aliphatic heterocycles. The molecular formula is C13H16BrNO4S. The Morgan fingerprint density at radius 2 is 2.05 bits per heavy atom. The maximum atomic E-state index is 12.6. The summed E-state index contributed by atoms with van der Waals surface area (Å²) in [7, 11) is -3.65. The molecule has 110 valence electrons. The average Bonchev–Trinajstić information content (AvgIpc) is 2.75. The van der Waals surface area contributed by atoms with Crippen LogP contribution in [0.2, 0.25) is 0 Å². The summed E-state index contributed by atoms with van der Waals surface area (Å²) in [4.78, 5) is 11.3. The van der Waals surface area contributed by atoms with E-state index in [4.69, 9.17) is 5.11 Å². The normalized spacial score (nSPS) is 23.9. The zero-order chi connectivity index (χ0) is 15.1. The number of carboxylic acids is 1. The van der Waals surface area contributed by atoms with E-state index in [1.807, 2.05) is 0 Å². The molecule has 1 heterocycles. The van der Waals surface area contributed by atoms with Crippen LogP contribution in [0.5, 0.6) is 0 Å². The smallest absolute Gasteiger partial charge is 0.308 e. The van der Waals surface area contributed by atoms with Gasteiger partial charge < -0.3 is 5.11 Å². The quantitative estimate of drug-likeness (QED) is 0.894. The highest BCUT2D eigenvalue weighted by molar-refractivity contribution is 9.10. The van der Waals surface area contributed by atoms with E-state index in [-0.39, 0.29) is 23.9 Å². The topological polar surface area (TPSA) is 74.7 Å². The lowest BCUT2D eigenvalue weighted by Crippen LogP contribution is -2.30. The van der Waals surface area contributed by atoms with E-state index >= 15 is 0 Å². The molecule has 1 aromatic rings. The molecule has 0 unspecified atom stereocenters. The van der Waals surface area contributed by atoms with E-state index in [2.05, 4.69) is 15.9 Å². The first-order chi connectivity index (χ1) is 9.25. The number of carbonyl (C=O) groups is 1. The molecule has 0 aromatic heterocycles. The third-order valence-corrected chi connectivity index (χ3v) is 6.57.